The molecule has 1 atom stereocenters. The van der Waals surface area contributed by atoms with Crippen LogP contribution in [-0.2, 0) is 14.8 Å². The lowest BCUT2D eigenvalue weighted by Crippen LogP contribution is -2.31. The van der Waals surface area contributed by atoms with Crippen molar-refractivity contribution in [2.75, 3.05) is 13.2 Å². The Balaban J connectivity index is 1.76. The Kier molecular flexibility index (Phi) is 3.52. The Morgan fingerprint density at radius 3 is 2.58 bits per heavy atom. The summed E-state index contributed by atoms with van der Waals surface area (Å²) in [5, 5.41) is 0. The van der Waals surface area contributed by atoms with E-state index in [4.69, 9.17) is 4.74 Å². The molecule has 1 aliphatic rings. The van der Waals surface area contributed by atoms with Crippen molar-refractivity contribution in [2.45, 2.75) is 11.1 Å². The van der Waals surface area contributed by atoms with Gasteiger partial charge in [0.15, 0.2) is 0 Å². The van der Waals surface area contributed by atoms with Gasteiger partial charge in [-0.05, 0) is 23.8 Å². The first-order valence-electron chi connectivity index (χ1n) is 7.46. The maximum Gasteiger partial charge on any atom is 0.323 e. The monoisotopic (exact) mass is 345 g/mol. The van der Waals surface area contributed by atoms with Crippen molar-refractivity contribution in [3.05, 3.63) is 64.6 Å². The summed E-state index contributed by atoms with van der Waals surface area (Å²) in [5.41, 5.74) is 1.44. The van der Waals surface area contributed by atoms with E-state index in [-0.39, 0.29) is 17.1 Å². The highest BCUT2D eigenvalue weighted by Gasteiger charge is 2.37. The fourth-order valence-electron chi connectivity index (χ4n) is 2.89. The molecule has 3 aromatic rings. The molecule has 0 amide bonds. The number of hydrogen-bond acceptors (Lipinski definition) is 4. The highest BCUT2D eigenvalue weighted by molar-refractivity contribution is 7.89. The highest BCUT2D eigenvalue weighted by atomic mass is 32.2. The van der Waals surface area contributed by atoms with Crippen molar-refractivity contribution in [1.29, 1.82) is 0 Å². The molecular formula is C16H15N3O4S. The summed E-state index contributed by atoms with van der Waals surface area (Å²) in [4.78, 5) is 16.7. The Hall–Kier alpha value is -2.42. The zero-order chi connectivity index (χ0) is 16.7. The Bertz CT molecular complexity index is 1040. The number of aromatic nitrogens is 2. The van der Waals surface area contributed by atoms with E-state index in [1.54, 1.807) is 6.07 Å². The maximum atomic E-state index is 13.0. The van der Waals surface area contributed by atoms with Gasteiger partial charge in [-0.1, -0.05) is 30.3 Å². The van der Waals surface area contributed by atoms with Crippen LogP contribution in [0.5, 0.6) is 0 Å². The first-order chi connectivity index (χ1) is 11.6. The first kappa shape index (κ1) is 15.1. The SMILES string of the molecule is O=c1[nH]c2ccc(S(=O)(=O)N3CCOC3c3ccccc3)cc2[nH]1. The van der Waals surface area contributed by atoms with E-state index in [1.165, 1.54) is 16.4 Å². The second-order valence-corrected chi connectivity index (χ2v) is 7.43. The van der Waals surface area contributed by atoms with E-state index >= 15 is 0 Å². The van der Waals surface area contributed by atoms with Gasteiger partial charge in [-0.25, -0.2) is 13.2 Å². The van der Waals surface area contributed by atoms with Gasteiger partial charge in [0.25, 0.3) is 0 Å². The number of hydrogen-bond donors (Lipinski definition) is 2. The minimum absolute atomic E-state index is 0.122. The number of imidazole rings is 1. The van der Waals surface area contributed by atoms with Crippen molar-refractivity contribution in [2.24, 2.45) is 0 Å². The summed E-state index contributed by atoms with van der Waals surface area (Å²) in [6.45, 7) is 0.617. The predicted molar refractivity (Wildman–Crippen MR) is 87.9 cm³/mol. The van der Waals surface area contributed by atoms with Crippen molar-refractivity contribution in [3.8, 4) is 0 Å². The zero-order valence-electron chi connectivity index (χ0n) is 12.6. The van der Waals surface area contributed by atoms with E-state index in [1.807, 2.05) is 30.3 Å². The third-order valence-corrected chi connectivity index (χ3v) is 5.87. The van der Waals surface area contributed by atoms with E-state index < -0.39 is 16.3 Å². The number of H-pyrrole nitrogens is 2. The number of fused-ring (bicyclic) bond motifs is 1. The highest BCUT2D eigenvalue weighted by Crippen LogP contribution is 2.32. The number of aromatic amines is 2. The zero-order valence-corrected chi connectivity index (χ0v) is 13.4. The van der Waals surface area contributed by atoms with Crippen LogP contribution in [0.1, 0.15) is 11.8 Å². The largest absolute Gasteiger partial charge is 0.356 e. The van der Waals surface area contributed by atoms with Gasteiger partial charge >= 0.3 is 5.69 Å². The second-order valence-electron chi connectivity index (χ2n) is 5.54. The van der Waals surface area contributed by atoms with Gasteiger partial charge in [0.05, 0.1) is 22.5 Å². The number of sulfonamides is 1. The fourth-order valence-corrected chi connectivity index (χ4v) is 4.42. The maximum absolute atomic E-state index is 13.0. The number of ether oxygens (including phenoxy) is 1. The van der Waals surface area contributed by atoms with E-state index in [0.29, 0.717) is 17.6 Å². The Labute approximate surface area is 137 Å². The van der Waals surface area contributed by atoms with Crippen molar-refractivity contribution in [3.63, 3.8) is 0 Å². The minimum atomic E-state index is -3.75. The summed E-state index contributed by atoms with van der Waals surface area (Å²) >= 11 is 0. The molecule has 7 nitrogen and oxygen atoms in total. The molecule has 0 radical (unpaired) electrons. The lowest BCUT2D eigenvalue weighted by molar-refractivity contribution is 0.0683. The van der Waals surface area contributed by atoms with Crippen LogP contribution in [0, 0.1) is 0 Å². The summed E-state index contributed by atoms with van der Waals surface area (Å²) < 4.78 is 33.0. The van der Waals surface area contributed by atoms with Gasteiger partial charge in [0.1, 0.15) is 6.23 Å². The molecule has 1 aliphatic heterocycles. The number of benzene rings is 2. The number of nitrogens with zero attached hydrogens (tertiary/aromatic N) is 1. The normalized spacial score (nSPS) is 19.1. The van der Waals surface area contributed by atoms with Crippen LogP contribution in [-0.4, -0.2) is 35.8 Å². The molecule has 1 aromatic heterocycles. The number of nitrogens with one attached hydrogen (secondary N) is 2. The van der Waals surface area contributed by atoms with Crippen LogP contribution in [0.3, 0.4) is 0 Å². The fraction of sp³-hybridized carbons (Fsp3) is 0.188. The lowest BCUT2D eigenvalue weighted by atomic mass is 10.2. The molecule has 0 bridgehead atoms. The first-order valence-corrected chi connectivity index (χ1v) is 8.90. The molecule has 0 spiro atoms. The third-order valence-electron chi connectivity index (χ3n) is 4.03. The molecule has 2 heterocycles. The van der Waals surface area contributed by atoms with Gasteiger partial charge < -0.3 is 14.7 Å². The van der Waals surface area contributed by atoms with Crippen LogP contribution in [0.25, 0.3) is 11.0 Å². The molecule has 1 fully saturated rings. The van der Waals surface area contributed by atoms with Crippen molar-refractivity contribution < 1.29 is 13.2 Å². The van der Waals surface area contributed by atoms with Crippen LogP contribution in [0.2, 0.25) is 0 Å². The molecule has 0 aliphatic carbocycles. The Morgan fingerprint density at radius 2 is 1.79 bits per heavy atom. The van der Waals surface area contributed by atoms with Crippen molar-refractivity contribution >= 4 is 21.1 Å². The molecule has 1 unspecified atom stereocenters. The third kappa shape index (κ3) is 2.44. The summed E-state index contributed by atoms with van der Waals surface area (Å²) in [6, 6.07) is 13.8. The topological polar surface area (TPSA) is 95.3 Å². The predicted octanol–water partition coefficient (Wildman–Crippen LogP) is 1.58. The van der Waals surface area contributed by atoms with Crippen molar-refractivity contribution in [1.82, 2.24) is 14.3 Å². The van der Waals surface area contributed by atoms with Gasteiger partial charge in [-0.2, -0.15) is 4.31 Å². The summed E-state index contributed by atoms with van der Waals surface area (Å²) in [7, 11) is -3.75. The molecule has 4 rings (SSSR count). The molecule has 124 valence electrons. The lowest BCUT2D eigenvalue weighted by Gasteiger charge is -2.23. The van der Waals surface area contributed by atoms with E-state index in [0.717, 1.165) is 5.56 Å². The smallest absolute Gasteiger partial charge is 0.323 e. The second kappa shape index (κ2) is 5.59. The van der Waals surface area contributed by atoms with Gasteiger partial charge in [0.2, 0.25) is 10.0 Å². The average molecular weight is 345 g/mol. The van der Waals surface area contributed by atoms with Gasteiger partial charge in [0, 0.05) is 6.54 Å². The standard InChI is InChI=1S/C16H15N3O4S/c20-16-17-13-7-6-12(10-14(13)18-16)24(21,22)19-8-9-23-15(19)11-4-2-1-3-5-11/h1-7,10,15H,8-9H2,(H2,17,18,20). The minimum Gasteiger partial charge on any atom is -0.356 e. The van der Waals surface area contributed by atoms with Crippen LogP contribution >= 0.6 is 0 Å². The molecule has 2 aromatic carbocycles. The van der Waals surface area contributed by atoms with Crippen LogP contribution in [0.15, 0.2) is 58.2 Å². The van der Waals surface area contributed by atoms with E-state index in [9.17, 15) is 13.2 Å². The molecule has 1 saturated heterocycles. The molecular weight excluding hydrogens is 330 g/mol. The van der Waals surface area contributed by atoms with E-state index in [2.05, 4.69) is 9.97 Å². The Morgan fingerprint density at radius 1 is 1.04 bits per heavy atom. The van der Waals surface area contributed by atoms with Crippen LogP contribution in [0.4, 0.5) is 0 Å². The molecule has 8 heteroatoms. The quantitative estimate of drug-likeness (QED) is 0.753. The summed E-state index contributed by atoms with van der Waals surface area (Å²) in [6.07, 6.45) is -0.642. The molecule has 0 saturated carbocycles. The average Bonchev–Trinajstić information content (AvgIpc) is 3.20. The van der Waals surface area contributed by atoms with Gasteiger partial charge in [-0.15, -0.1) is 0 Å². The number of rotatable bonds is 3. The summed E-state index contributed by atoms with van der Waals surface area (Å²) in [5.74, 6) is 0. The van der Waals surface area contributed by atoms with Gasteiger partial charge in [-0.3, -0.25) is 0 Å². The molecule has 24 heavy (non-hydrogen) atoms. The van der Waals surface area contributed by atoms with Crippen LogP contribution < -0.4 is 5.69 Å². The molecule has 2 N–H and O–H groups in total.